The minimum absolute atomic E-state index is 0.201. The van der Waals surface area contributed by atoms with Crippen molar-refractivity contribution in [1.29, 1.82) is 0 Å². The normalized spacial score (nSPS) is 10.9. The van der Waals surface area contributed by atoms with Gasteiger partial charge in [0, 0.05) is 17.8 Å². The Balaban J connectivity index is 1.93. The number of aryl methyl sites for hydroxylation is 1. The smallest absolute Gasteiger partial charge is 0.330 e. The third-order valence-corrected chi connectivity index (χ3v) is 3.30. The largest absolute Gasteiger partial charge is 0.466 e. The van der Waals surface area contributed by atoms with Crippen molar-refractivity contribution in [3.63, 3.8) is 0 Å². The topological polar surface area (TPSA) is 55.4 Å². The fraction of sp³-hybridized carbons (Fsp3) is 0.100. The van der Waals surface area contributed by atoms with Crippen molar-refractivity contribution in [2.45, 2.75) is 6.92 Å². The van der Waals surface area contributed by atoms with Crippen LogP contribution in [0, 0.1) is 6.92 Å². The molecular weight excluding hydrogens is 302 g/mol. The molecule has 0 bridgehead atoms. The lowest BCUT2D eigenvalue weighted by atomic mass is 10.1. The predicted molar refractivity (Wildman–Crippen MR) is 96.3 cm³/mol. The predicted octanol–water partition coefficient (Wildman–Crippen LogP) is 3.83. The van der Waals surface area contributed by atoms with Gasteiger partial charge in [0.25, 0.3) is 0 Å². The maximum atomic E-state index is 11.9. The van der Waals surface area contributed by atoms with Crippen LogP contribution < -0.4 is 5.32 Å². The third-order valence-electron chi connectivity index (χ3n) is 3.30. The highest BCUT2D eigenvalue weighted by Gasteiger charge is 1.98. The minimum Gasteiger partial charge on any atom is -0.466 e. The minimum atomic E-state index is -0.409. The Labute approximate surface area is 141 Å². The van der Waals surface area contributed by atoms with E-state index >= 15 is 0 Å². The molecule has 0 aliphatic rings. The highest BCUT2D eigenvalue weighted by Crippen LogP contribution is 2.11. The average molecular weight is 321 g/mol. The van der Waals surface area contributed by atoms with Crippen molar-refractivity contribution >= 4 is 29.7 Å². The molecule has 2 aromatic carbocycles. The van der Waals surface area contributed by atoms with E-state index in [1.807, 2.05) is 31.2 Å². The Morgan fingerprint density at radius 2 is 1.42 bits per heavy atom. The zero-order chi connectivity index (χ0) is 17.4. The van der Waals surface area contributed by atoms with Gasteiger partial charge in [0.1, 0.15) is 0 Å². The molecule has 0 unspecified atom stereocenters. The average Bonchev–Trinajstić information content (AvgIpc) is 2.60. The third kappa shape index (κ3) is 5.57. The quantitative estimate of drug-likeness (QED) is 0.672. The number of hydrogen-bond donors (Lipinski definition) is 1. The van der Waals surface area contributed by atoms with Gasteiger partial charge in [0.2, 0.25) is 5.91 Å². The zero-order valence-corrected chi connectivity index (χ0v) is 13.7. The van der Waals surface area contributed by atoms with Crippen LogP contribution in [0.5, 0.6) is 0 Å². The van der Waals surface area contributed by atoms with Gasteiger partial charge in [-0.25, -0.2) is 4.79 Å². The highest BCUT2D eigenvalue weighted by molar-refractivity contribution is 6.02. The molecule has 2 rings (SSSR count). The first-order valence-electron chi connectivity index (χ1n) is 7.48. The molecule has 0 saturated heterocycles. The Bertz CT molecular complexity index is 756. The molecule has 1 amide bonds. The molecule has 0 aliphatic carbocycles. The van der Waals surface area contributed by atoms with Gasteiger partial charge >= 0.3 is 5.97 Å². The fourth-order valence-corrected chi connectivity index (χ4v) is 1.94. The van der Waals surface area contributed by atoms with Crippen LogP contribution in [0.2, 0.25) is 0 Å². The number of nitrogens with one attached hydrogen (secondary N) is 1. The summed E-state index contributed by atoms with van der Waals surface area (Å²) in [5, 5.41) is 2.79. The number of ether oxygens (including phenoxy) is 1. The molecule has 0 heterocycles. The number of methoxy groups -OCH3 is 1. The molecule has 24 heavy (non-hydrogen) atoms. The van der Waals surface area contributed by atoms with Crippen molar-refractivity contribution in [1.82, 2.24) is 0 Å². The second-order valence-electron chi connectivity index (χ2n) is 5.21. The molecule has 0 atom stereocenters. The number of hydrogen-bond acceptors (Lipinski definition) is 3. The summed E-state index contributed by atoms with van der Waals surface area (Å²) >= 11 is 0. The summed E-state index contributed by atoms with van der Waals surface area (Å²) in [6.45, 7) is 2.02. The van der Waals surface area contributed by atoms with E-state index in [1.165, 1.54) is 24.8 Å². The first-order valence-corrected chi connectivity index (χ1v) is 7.48. The summed E-state index contributed by atoms with van der Waals surface area (Å²) in [6, 6.07) is 15.1. The van der Waals surface area contributed by atoms with E-state index in [4.69, 9.17) is 0 Å². The number of esters is 1. The summed E-state index contributed by atoms with van der Waals surface area (Å²) in [4.78, 5) is 22.9. The van der Waals surface area contributed by atoms with Crippen molar-refractivity contribution in [2.75, 3.05) is 12.4 Å². The van der Waals surface area contributed by atoms with Gasteiger partial charge in [0.15, 0.2) is 0 Å². The Hall–Kier alpha value is -3.14. The van der Waals surface area contributed by atoms with Crippen LogP contribution >= 0.6 is 0 Å². The second kappa shape index (κ2) is 8.48. The summed E-state index contributed by atoms with van der Waals surface area (Å²) in [5.74, 6) is -0.609. The summed E-state index contributed by atoms with van der Waals surface area (Å²) in [7, 11) is 1.33. The van der Waals surface area contributed by atoms with Crippen LogP contribution in [0.4, 0.5) is 5.69 Å². The molecule has 4 nitrogen and oxygen atoms in total. The first kappa shape index (κ1) is 17.2. The van der Waals surface area contributed by atoms with E-state index in [0.717, 1.165) is 11.1 Å². The van der Waals surface area contributed by atoms with Crippen LogP contribution in [0.3, 0.4) is 0 Å². The van der Waals surface area contributed by atoms with E-state index in [-0.39, 0.29) is 5.91 Å². The summed E-state index contributed by atoms with van der Waals surface area (Å²) in [5.41, 5.74) is 3.68. The molecule has 1 N–H and O–H groups in total. The van der Waals surface area contributed by atoms with Gasteiger partial charge in [-0.15, -0.1) is 0 Å². The lowest BCUT2D eigenvalue weighted by Crippen LogP contribution is -2.07. The van der Waals surface area contributed by atoms with Crippen LogP contribution in [-0.2, 0) is 14.3 Å². The number of carbonyl (C=O) groups is 2. The van der Waals surface area contributed by atoms with Crippen molar-refractivity contribution < 1.29 is 14.3 Å². The monoisotopic (exact) mass is 321 g/mol. The van der Waals surface area contributed by atoms with Gasteiger partial charge in [-0.1, -0.05) is 42.0 Å². The molecule has 2 aromatic rings. The molecule has 0 saturated carbocycles. The van der Waals surface area contributed by atoms with Gasteiger partial charge in [0.05, 0.1) is 7.11 Å². The number of anilines is 1. The number of carbonyl (C=O) groups excluding carboxylic acids is 2. The van der Waals surface area contributed by atoms with Gasteiger partial charge < -0.3 is 10.1 Å². The Morgan fingerprint density at radius 3 is 2.00 bits per heavy atom. The van der Waals surface area contributed by atoms with E-state index < -0.39 is 5.97 Å². The molecule has 122 valence electrons. The number of benzene rings is 2. The number of amides is 1. The van der Waals surface area contributed by atoms with Crippen LogP contribution in [-0.4, -0.2) is 19.0 Å². The second-order valence-corrected chi connectivity index (χ2v) is 5.21. The van der Waals surface area contributed by atoms with E-state index in [2.05, 4.69) is 10.1 Å². The number of rotatable bonds is 5. The summed E-state index contributed by atoms with van der Waals surface area (Å²) < 4.78 is 4.53. The molecule has 4 heteroatoms. The molecule has 0 radical (unpaired) electrons. The summed E-state index contributed by atoms with van der Waals surface area (Å²) in [6.07, 6.45) is 6.25. The molecule has 0 fully saturated rings. The van der Waals surface area contributed by atoms with Gasteiger partial charge in [-0.2, -0.15) is 0 Å². The van der Waals surface area contributed by atoms with Crippen molar-refractivity contribution in [2.24, 2.45) is 0 Å². The van der Waals surface area contributed by atoms with E-state index in [9.17, 15) is 9.59 Å². The van der Waals surface area contributed by atoms with Gasteiger partial charge in [-0.3, -0.25) is 4.79 Å². The van der Waals surface area contributed by atoms with E-state index in [1.54, 1.807) is 36.4 Å². The van der Waals surface area contributed by atoms with Crippen molar-refractivity contribution in [3.05, 3.63) is 77.4 Å². The van der Waals surface area contributed by atoms with Crippen LogP contribution in [0.25, 0.3) is 12.2 Å². The molecular formula is C20H19NO3. The maximum absolute atomic E-state index is 11.9. The zero-order valence-electron chi connectivity index (χ0n) is 13.7. The fourth-order valence-electron chi connectivity index (χ4n) is 1.94. The van der Waals surface area contributed by atoms with Crippen molar-refractivity contribution in [3.8, 4) is 0 Å². The molecule has 0 aliphatic heterocycles. The van der Waals surface area contributed by atoms with Crippen LogP contribution in [0.1, 0.15) is 16.7 Å². The Kier molecular flexibility index (Phi) is 6.08. The maximum Gasteiger partial charge on any atom is 0.330 e. The van der Waals surface area contributed by atoms with E-state index in [0.29, 0.717) is 5.69 Å². The highest BCUT2D eigenvalue weighted by atomic mass is 16.5. The standard InChI is InChI=1S/C20H19NO3/c1-15-3-5-16(6-4-15)9-13-19(22)21-18-11-7-17(8-12-18)10-14-20(23)24-2/h3-14H,1-2H3,(H,21,22)/b13-9+,14-10+. The first-order chi connectivity index (χ1) is 11.6. The van der Waals surface area contributed by atoms with Crippen LogP contribution in [0.15, 0.2) is 60.7 Å². The Morgan fingerprint density at radius 1 is 0.875 bits per heavy atom. The van der Waals surface area contributed by atoms with Gasteiger partial charge in [-0.05, 0) is 42.3 Å². The molecule has 0 spiro atoms. The lowest BCUT2D eigenvalue weighted by Gasteiger charge is -2.02. The SMILES string of the molecule is COC(=O)/C=C/c1ccc(NC(=O)/C=C/c2ccc(C)cc2)cc1. The molecule has 0 aromatic heterocycles. The lowest BCUT2D eigenvalue weighted by molar-refractivity contribution is -0.134.